The molecule has 32 heavy (non-hydrogen) atoms. The number of rotatable bonds is 8. The van der Waals surface area contributed by atoms with Crippen LogP contribution in [0.25, 0.3) is 11.4 Å². The minimum Gasteiger partial charge on any atom is -0.462 e. The molecule has 1 aliphatic carbocycles. The number of anilines is 1. The fraction of sp³-hybridized carbons (Fsp3) is 0.333. The Hall–Kier alpha value is -2.37. The maximum absolute atomic E-state index is 12.6. The number of thiophene rings is 1. The van der Waals surface area contributed by atoms with Gasteiger partial charge < -0.3 is 15.9 Å². The number of aryl methyl sites for hydroxylation is 1. The van der Waals surface area contributed by atoms with E-state index in [9.17, 15) is 9.59 Å². The number of benzene rings is 1. The van der Waals surface area contributed by atoms with Crippen LogP contribution in [0.15, 0.2) is 33.9 Å². The van der Waals surface area contributed by atoms with Gasteiger partial charge >= 0.3 is 5.97 Å². The monoisotopic (exact) mass is 535 g/mol. The van der Waals surface area contributed by atoms with E-state index in [4.69, 9.17) is 10.6 Å². The molecule has 2 heterocycles. The Kier molecular flexibility index (Phi) is 7.17. The molecule has 11 heteroatoms. The number of carbonyl (C=O) groups excluding carboxylic acids is 2. The lowest BCUT2D eigenvalue weighted by molar-refractivity contribution is -0.115. The summed E-state index contributed by atoms with van der Waals surface area (Å²) >= 11 is 6.32. The minimum atomic E-state index is -0.368. The van der Waals surface area contributed by atoms with E-state index in [1.54, 1.807) is 6.92 Å². The Bertz CT molecular complexity index is 1160. The lowest BCUT2D eigenvalue weighted by atomic mass is 10.1. The van der Waals surface area contributed by atoms with Crippen LogP contribution in [0.3, 0.4) is 0 Å². The third-order valence-corrected chi connectivity index (χ3v) is 7.84. The number of esters is 1. The maximum Gasteiger partial charge on any atom is 0.341 e. The van der Waals surface area contributed by atoms with Crippen molar-refractivity contribution in [3.8, 4) is 11.4 Å². The second-order valence-electron chi connectivity index (χ2n) is 7.08. The van der Waals surface area contributed by atoms with Crippen LogP contribution in [-0.2, 0) is 22.4 Å². The normalized spacial score (nSPS) is 12.6. The first-order valence-electron chi connectivity index (χ1n) is 10.2. The number of hydrogen-bond acceptors (Lipinski definition) is 8. The summed E-state index contributed by atoms with van der Waals surface area (Å²) in [6.45, 7) is 2.08. The molecule has 0 saturated heterocycles. The number of nitrogen functional groups attached to an aromatic ring is 1. The molecule has 0 saturated carbocycles. The molecule has 0 atom stereocenters. The van der Waals surface area contributed by atoms with Gasteiger partial charge in [-0.15, -0.1) is 21.5 Å². The Morgan fingerprint density at radius 2 is 2.12 bits per heavy atom. The number of thioether (sulfide) groups is 1. The van der Waals surface area contributed by atoms with Crippen molar-refractivity contribution in [3.63, 3.8) is 0 Å². The molecule has 168 valence electrons. The molecular formula is C21H22BrN5O3S2. The molecule has 0 unspecified atom stereocenters. The van der Waals surface area contributed by atoms with Gasteiger partial charge in [0, 0.05) is 27.1 Å². The lowest BCUT2D eigenvalue weighted by Crippen LogP contribution is -2.16. The SMILES string of the molecule is CCOC(=O)c1c(NC(=O)CCSc2nnc(-c3ccccc3Br)n2N)sc2c1CCC2. The molecule has 3 N–H and O–H groups in total. The van der Waals surface area contributed by atoms with Gasteiger partial charge in [0.05, 0.1) is 12.2 Å². The molecule has 0 spiro atoms. The second-order valence-corrected chi connectivity index (χ2v) is 10.1. The van der Waals surface area contributed by atoms with Crippen LogP contribution in [0.1, 0.15) is 40.6 Å². The van der Waals surface area contributed by atoms with Gasteiger partial charge in [-0.1, -0.05) is 39.8 Å². The Labute approximate surface area is 202 Å². The number of hydrogen-bond donors (Lipinski definition) is 2. The number of amides is 1. The zero-order chi connectivity index (χ0) is 22.7. The van der Waals surface area contributed by atoms with E-state index in [0.717, 1.165) is 39.7 Å². The summed E-state index contributed by atoms with van der Waals surface area (Å²) in [5, 5.41) is 12.3. The summed E-state index contributed by atoms with van der Waals surface area (Å²) in [7, 11) is 0. The number of nitrogens with zero attached hydrogens (tertiary/aromatic N) is 3. The lowest BCUT2D eigenvalue weighted by Gasteiger charge is -2.08. The third-order valence-electron chi connectivity index (χ3n) is 4.99. The Morgan fingerprint density at radius 3 is 2.91 bits per heavy atom. The molecule has 8 nitrogen and oxygen atoms in total. The molecule has 2 aromatic heterocycles. The van der Waals surface area contributed by atoms with Crippen LogP contribution in [-0.4, -0.2) is 39.1 Å². The summed E-state index contributed by atoms with van der Waals surface area (Å²) in [5.74, 6) is 6.64. The molecular weight excluding hydrogens is 514 g/mol. The van der Waals surface area contributed by atoms with E-state index < -0.39 is 0 Å². The van der Waals surface area contributed by atoms with Crippen molar-refractivity contribution in [1.29, 1.82) is 0 Å². The predicted octanol–water partition coefficient (Wildman–Crippen LogP) is 4.27. The molecule has 1 amide bonds. The van der Waals surface area contributed by atoms with Crippen molar-refractivity contribution in [2.75, 3.05) is 23.5 Å². The van der Waals surface area contributed by atoms with Crippen molar-refractivity contribution in [1.82, 2.24) is 14.9 Å². The number of carbonyl (C=O) groups is 2. The molecule has 0 fully saturated rings. The summed E-state index contributed by atoms with van der Waals surface area (Å²) in [4.78, 5) is 26.2. The van der Waals surface area contributed by atoms with Gasteiger partial charge in [-0.05, 0) is 43.9 Å². The van der Waals surface area contributed by atoms with Crippen LogP contribution in [0.4, 0.5) is 5.00 Å². The van der Waals surface area contributed by atoms with E-state index in [-0.39, 0.29) is 18.3 Å². The fourth-order valence-corrected chi connectivity index (χ4v) is 6.09. The highest BCUT2D eigenvalue weighted by atomic mass is 79.9. The van der Waals surface area contributed by atoms with Gasteiger partial charge in [0.25, 0.3) is 0 Å². The zero-order valence-corrected chi connectivity index (χ0v) is 20.6. The van der Waals surface area contributed by atoms with Gasteiger partial charge in [0.1, 0.15) is 5.00 Å². The van der Waals surface area contributed by atoms with Crippen LogP contribution in [0.5, 0.6) is 0 Å². The smallest absolute Gasteiger partial charge is 0.341 e. The van der Waals surface area contributed by atoms with Crippen LogP contribution < -0.4 is 11.2 Å². The van der Waals surface area contributed by atoms with E-state index in [2.05, 4.69) is 31.4 Å². The number of halogens is 1. The number of fused-ring (bicyclic) bond motifs is 1. The average Bonchev–Trinajstić information content (AvgIpc) is 3.44. The van der Waals surface area contributed by atoms with Crippen molar-refractivity contribution < 1.29 is 14.3 Å². The molecule has 0 radical (unpaired) electrons. The average molecular weight is 536 g/mol. The summed E-state index contributed by atoms with van der Waals surface area (Å²) in [5.41, 5.74) is 2.38. The van der Waals surface area contributed by atoms with Crippen molar-refractivity contribution in [3.05, 3.63) is 44.7 Å². The largest absolute Gasteiger partial charge is 0.462 e. The summed E-state index contributed by atoms with van der Waals surface area (Å²) < 4.78 is 7.50. The van der Waals surface area contributed by atoms with E-state index in [0.29, 0.717) is 33.9 Å². The van der Waals surface area contributed by atoms with Crippen LogP contribution in [0.2, 0.25) is 0 Å². The van der Waals surface area contributed by atoms with Gasteiger partial charge in [0.15, 0.2) is 5.82 Å². The highest BCUT2D eigenvalue weighted by Gasteiger charge is 2.28. The number of ether oxygens (including phenoxy) is 1. The number of aromatic nitrogens is 3. The number of nitrogens with one attached hydrogen (secondary N) is 1. The maximum atomic E-state index is 12.6. The summed E-state index contributed by atoms with van der Waals surface area (Å²) in [6.07, 6.45) is 3.05. The van der Waals surface area contributed by atoms with Gasteiger partial charge in [-0.2, -0.15) is 0 Å². The van der Waals surface area contributed by atoms with E-state index in [1.807, 2.05) is 24.3 Å². The number of nitrogens with two attached hydrogens (primary N) is 1. The van der Waals surface area contributed by atoms with Crippen LogP contribution >= 0.6 is 39.0 Å². The molecule has 0 bridgehead atoms. The third kappa shape index (κ3) is 4.69. The van der Waals surface area contributed by atoms with Gasteiger partial charge in [-0.25, -0.2) is 9.47 Å². The minimum absolute atomic E-state index is 0.169. The highest BCUT2D eigenvalue weighted by Crippen LogP contribution is 2.39. The quantitative estimate of drug-likeness (QED) is 0.251. The summed E-state index contributed by atoms with van der Waals surface area (Å²) in [6, 6.07) is 7.62. The first-order chi connectivity index (χ1) is 15.5. The zero-order valence-electron chi connectivity index (χ0n) is 17.4. The molecule has 4 rings (SSSR count). The molecule has 0 aliphatic heterocycles. The molecule has 1 aromatic carbocycles. The van der Waals surface area contributed by atoms with Crippen molar-refractivity contribution in [2.45, 2.75) is 37.8 Å². The van der Waals surface area contributed by atoms with Crippen molar-refractivity contribution >= 4 is 55.9 Å². The fourth-order valence-electron chi connectivity index (χ4n) is 3.54. The second kappa shape index (κ2) is 10.1. The topological polar surface area (TPSA) is 112 Å². The van der Waals surface area contributed by atoms with E-state index in [1.165, 1.54) is 27.8 Å². The van der Waals surface area contributed by atoms with Gasteiger partial charge in [0.2, 0.25) is 11.1 Å². The Morgan fingerprint density at radius 1 is 1.31 bits per heavy atom. The Balaban J connectivity index is 1.38. The van der Waals surface area contributed by atoms with Gasteiger partial charge in [-0.3, -0.25) is 4.79 Å². The molecule has 3 aromatic rings. The highest BCUT2D eigenvalue weighted by molar-refractivity contribution is 9.10. The standard InChI is InChI=1S/C21H22BrN5O3S2/c1-2-30-20(29)17-13-7-5-9-15(13)32-19(17)24-16(28)10-11-31-21-26-25-18(27(21)23)12-6-3-4-8-14(12)22/h3-4,6,8H,2,5,7,9-11,23H2,1H3,(H,24,28). The predicted molar refractivity (Wildman–Crippen MR) is 130 cm³/mol. The van der Waals surface area contributed by atoms with Crippen LogP contribution in [0, 0.1) is 0 Å². The van der Waals surface area contributed by atoms with E-state index >= 15 is 0 Å². The van der Waals surface area contributed by atoms with Crippen molar-refractivity contribution in [2.24, 2.45) is 0 Å². The first-order valence-corrected chi connectivity index (χ1v) is 12.8. The first kappa shape index (κ1) is 22.8. The molecule has 1 aliphatic rings.